The van der Waals surface area contributed by atoms with Crippen molar-refractivity contribution in [1.82, 2.24) is 14.6 Å². The number of rotatable bonds is 2. The first-order valence-electron chi connectivity index (χ1n) is 8.39. The predicted molar refractivity (Wildman–Crippen MR) is 94.3 cm³/mol. The molecule has 1 atom stereocenters. The molecule has 3 aromatic rings. The van der Waals surface area contributed by atoms with Crippen molar-refractivity contribution in [3.8, 4) is 0 Å². The minimum absolute atomic E-state index is 0.234. The van der Waals surface area contributed by atoms with Crippen LogP contribution in [0.4, 0.5) is 5.82 Å². The van der Waals surface area contributed by atoms with E-state index in [-0.39, 0.29) is 11.9 Å². The summed E-state index contributed by atoms with van der Waals surface area (Å²) in [6.07, 6.45) is 1.99. The number of nitrogens with one attached hydrogen (secondary N) is 1. The lowest BCUT2D eigenvalue weighted by atomic mass is 10.00. The maximum atomic E-state index is 12.9. The average molecular weight is 350 g/mol. The van der Waals surface area contributed by atoms with Crippen molar-refractivity contribution >= 4 is 17.6 Å². The zero-order valence-electron chi connectivity index (χ0n) is 14.3. The molecule has 1 aromatic carbocycles. The third kappa shape index (κ3) is 2.88. The Balaban J connectivity index is 1.63. The number of carbonyl (C=O) groups is 2. The van der Waals surface area contributed by atoms with E-state index in [1.807, 2.05) is 48.7 Å². The largest absolute Gasteiger partial charge is 0.360 e. The zero-order valence-corrected chi connectivity index (χ0v) is 14.3. The van der Waals surface area contributed by atoms with Crippen molar-refractivity contribution in [1.29, 1.82) is 0 Å². The van der Waals surface area contributed by atoms with Crippen molar-refractivity contribution in [2.75, 3.05) is 11.9 Å². The summed E-state index contributed by atoms with van der Waals surface area (Å²) in [6.45, 7) is 2.81. The standard InChI is InChI=1S/C19H18N4O3/c1-13-12-16(21-26-13)20-18(24)19(25)23-11-10-22-9-5-8-15(22)17(23)14-6-3-2-4-7-14/h2-9,12,17H,10-11H2,1H3,(H,20,21,24)/t17-/m1/s1. The molecular weight excluding hydrogens is 332 g/mol. The summed E-state index contributed by atoms with van der Waals surface area (Å²) in [5, 5.41) is 6.21. The minimum atomic E-state index is -0.723. The molecule has 0 saturated heterocycles. The van der Waals surface area contributed by atoms with E-state index in [9.17, 15) is 9.59 Å². The van der Waals surface area contributed by atoms with Gasteiger partial charge in [-0.05, 0) is 24.6 Å². The number of aromatic nitrogens is 2. The van der Waals surface area contributed by atoms with Gasteiger partial charge in [-0.2, -0.15) is 0 Å². The summed E-state index contributed by atoms with van der Waals surface area (Å²) in [7, 11) is 0. The number of carbonyl (C=O) groups excluding carboxylic acids is 2. The molecule has 0 unspecified atom stereocenters. The van der Waals surface area contributed by atoms with E-state index in [2.05, 4.69) is 15.0 Å². The number of benzene rings is 1. The van der Waals surface area contributed by atoms with Crippen molar-refractivity contribution in [2.24, 2.45) is 0 Å². The first-order chi connectivity index (χ1) is 12.6. The van der Waals surface area contributed by atoms with Gasteiger partial charge in [-0.3, -0.25) is 14.9 Å². The Labute approximate surface area is 150 Å². The Hall–Kier alpha value is -3.35. The lowest BCUT2D eigenvalue weighted by Gasteiger charge is -2.36. The van der Waals surface area contributed by atoms with E-state index in [4.69, 9.17) is 4.52 Å². The molecule has 0 saturated carbocycles. The van der Waals surface area contributed by atoms with E-state index >= 15 is 0 Å². The molecule has 3 heterocycles. The molecule has 0 fully saturated rings. The minimum Gasteiger partial charge on any atom is -0.360 e. The fourth-order valence-corrected chi connectivity index (χ4v) is 3.31. The van der Waals surface area contributed by atoms with Gasteiger partial charge in [0.1, 0.15) is 5.76 Å². The number of hydrogen-bond donors (Lipinski definition) is 1. The van der Waals surface area contributed by atoms with Crippen LogP contribution in [0, 0.1) is 6.92 Å². The molecule has 0 aliphatic carbocycles. The SMILES string of the molecule is Cc1cc(NC(=O)C(=O)N2CCn3cccc3[C@H]2c2ccccc2)no1. The molecule has 2 amide bonds. The summed E-state index contributed by atoms with van der Waals surface area (Å²) in [4.78, 5) is 26.9. The smallest absolute Gasteiger partial charge is 0.315 e. The number of anilines is 1. The second-order valence-electron chi connectivity index (χ2n) is 6.22. The number of hydrogen-bond acceptors (Lipinski definition) is 4. The fraction of sp³-hybridized carbons (Fsp3) is 0.211. The zero-order chi connectivity index (χ0) is 18.1. The quantitative estimate of drug-likeness (QED) is 0.720. The molecule has 0 bridgehead atoms. The molecule has 132 valence electrons. The van der Waals surface area contributed by atoms with Gasteiger partial charge in [-0.25, -0.2) is 0 Å². The van der Waals surface area contributed by atoms with Gasteiger partial charge in [-0.1, -0.05) is 35.5 Å². The Bertz CT molecular complexity index is 945. The van der Waals surface area contributed by atoms with E-state index in [1.54, 1.807) is 17.9 Å². The third-order valence-corrected chi connectivity index (χ3v) is 4.48. The lowest BCUT2D eigenvalue weighted by Crippen LogP contribution is -2.47. The Morgan fingerprint density at radius 3 is 2.69 bits per heavy atom. The van der Waals surface area contributed by atoms with Gasteiger partial charge < -0.3 is 14.0 Å². The summed E-state index contributed by atoms with van der Waals surface area (Å²) in [5.74, 6) is -0.519. The molecule has 7 heteroatoms. The maximum Gasteiger partial charge on any atom is 0.315 e. The molecular formula is C19H18N4O3. The van der Waals surface area contributed by atoms with Crippen LogP contribution >= 0.6 is 0 Å². The van der Waals surface area contributed by atoms with Gasteiger partial charge in [-0.15, -0.1) is 0 Å². The van der Waals surface area contributed by atoms with E-state index in [1.165, 1.54) is 0 Å². The molecule has 26 heavy (non-hydrogen) atoms. The molecule has 4 rings (SSSR count). The lowest BCUT2D eigenvalue weighted by molar-refractivity contribution is -0.145. The molecule has 7 nitrogen and oxygen atoms in total. The number of amides is 2. The fourth-order valence-electron chi connectivity index (χ4n) is 3.31. The Kier molecular flexibility index (Phi) is 4.04. The van der Waals surface area contributed by atoms with Crippen LogP contribution in [0.15, 0.2) is 59.3 Å². The third-order valence-electron chi connectivity index (χ3n) is 4.48. The second kappa shape index (κ2) is 6.51. The van der Waals surface area contributed by atoms with Gasteiger partial charge >= 0.3 is 11.8 Å². The highest BCUT2D eigenvalue weighted by Crippen LogP contribution is 2.32. The molecule has 1 N–H and O–H groups in total. The van der Waals surface area contributed by atoms with Crippen LogP contribution in [0.3, 0.4) is 0 Å². The van der Waals surface area contributed by atoms with Gasteiger partial charge in [0, 0.05) is 31.0 Å². The van der Waals surface area contributed by atoms with Crippen LogP contribution in [0.1, 0.15) is 23.1 Å². The van der Waals surface area contributed by atoms with Crippen LogP contribution in [0.25, 0.3) is 0 Å². The number of aryl methyl sites for hydroxylation is 1. The topological polar surface area (TPSA) is 80.4 Å². The first-order valence-corrected chi connectivity index (χ1v) is 8.39. The highest BCUT2D eigenvalue weighted by Gasteiger charge is 2.35. The van der Waals surface area contributed by atoms with E-state index in [0.29, 0.717) is 18.8 Å². The second-order valence-corrected chi connectivity index (χ2v) is 6.22. The summed E-state index contributed by atoms with van der Waals surface area (Å²) in [6, 6.07) is 14.9. The Morgan fingerprint density at radius 2 is 1.96 bits per heavy atom. The highest BCUT2D eigenvalue weighted by atomic mass is 16.5. The van der Waals surface area contributed by atoms with Gasteiger partial charge in [0.2, 0.25) is 0 Å². The van der Waals surface area contributed by atoms with Crippen LogP contribution in [-0.4, -0.2) is 33.0 Å². The van der Waals surface area contributed by atoms with Gasteiger partial charge in [0.15, 0.2) is 5.82 Å². The summed E-state index contributed by atoms with van der Waals surface area (Å²) in [5.41, 5.74) is 1.95. The van der Waals surface area contributed by atoms with Crippen molar-refractivity contribution in [2.45, 2.75) is 19.5 Å². The maximum absolute atomic E-state index is 12.9. The normalized spacial score (nSPS) is 16.2. The van der Waals surface area contributed by atoms with Crippen LogP contribution in [0.2, 0.25) is 0 Å². The van der Waals surface area contributed by atoms with Gasteiger partial charge in [0.05, 0.1) is 6.04 Å². The van der Waals surface area contributed by atoms with Gasteiger partial charge in [0.25, 0.3) is 0 Å². The van der Waals surface area contributed by atoms with E-state index < -0.39 is 11.8 Å². The molecule has 0 spiro atoms. The van der Waals surface area contributed by atoms with Crippen molar-refractivity contribution < 1.29 is 14.1 Å². The van der Waals surface area contributed by atoms with Crippen molar-refractivity contribution in [3.05, 3.63) is 71.7 Å². The monoisotopic (exact) mass is 350 g/mol. The predicted octanol–water partition coefficient (Wildman–Crippen LogP) is 2.35. The number of fused-ring (bicyclic) bond motifs is 1. The van der Waals surface area contributed by atoms with Crippen LogP contribution < -0.4 is 5.32 Å². The number of nitrogens with zero attached hydrogens (tertiary/aromatic N) is 3. The summed E-state index contributed by atoms with van der Waals surface area (Å²) < 4.78 is 7.04. The molecule has 0 radical (unpaired) electrons. The van der Waals surface area contributed by atoms with Crippen molar-refractivity contribution in [3.63, 3.8) is 0 Å². The molecule has 2 aromatic heterocycles. The van der Waals surface area contributed by atoms with Crippen LogP contribution in [0.5, 0.6) is 0 Å². The first kappa shape index (κ1) is 16.1. The average Bonchev–Trinajstić information content (AvgIpc) is 3.29. The molecule has 1 aliphatic rings. The summed E-state index contributed by atoms with van der Waals surface area (Å²) >= 11 is 0. The van der Waals surface area contributed by atoms with E-state index in [0.717, 1.165) is 11.3 Å². The highest BCUT2D eigenvalue weighted by molar-refractivity contribution is 6.39. The molecule has 1 aliphatic heterocycles. The Morgan fingerprint density at radius 1 is 1.15 bits per heavy atom. The van der Waals surface area contributed by atoms with Crippen LogP contribution in [-0.2, 0) is 16.1 Å².